The molecule has 1 heterocycles. The summed E-state index contributed by atoms with van der Waals surface area (Å²) in [6, 6.07) is 7.87. The van der Waals surface area contributed by atoms with Gasteiger partial charge in [-0.15, -0.1) is 0 Å². The van der Waals surface area contributed by atoms with E-state index >= 15 is 0 Å². The van der Waals surface area contributed by atoms with Gasteiger partial charge in [0.15, 0.2) is 0 Å². The molecule has 0 fully saturated rings. The Bertz CT molecular complexity index is 1200. The molecule has 0 aliphatic carbocycles. The van der Waals surface area contributed by atoms with Crippen LogP contribution in [0, 0.1) is 5.82 Å². The lowest BCUT2D eigenvalue weighted by molar-refractivity contribution is 0.0719. The van der Waals surface area contributed by atoms with Crippen molar-refractivity contribution in [1.29, 1.82) is 0 Å². The van der Waals surface area contributed by atoms with Crippen molar-refractivity contribution in [2.45, 2.75) is 39.3 Å². The van der Waals surface area contributed by atoms with Crippen molar-refractivity contribution in [1.82, 2.24) is 14.5 Å². The van der Waals surface area contributed by atoms with E-state index in [-0.39, 0.29) is 27.6 Å². The van der Waals surface area contributed by atoms with Crippen molar-refractivity contribution in [2.75, 3.05) is 5.73 Å². The summed E-state index contributed by atoms with van der Waals surface area (Å²) in [4.78, 5) is 31.3. The number of nitrogen functional groups attached to an aromatic ring is 1. The summed E-state index contributed by atoms with van der Waals surface area (Å²) in [5, 5.41) is 10.2. The van der Waals surface area contributed by atoms with Crippen LogP contribution in [0.25, 0.3) is 16.6 Å². The van der Waals surface area contributed by atoms with E-state index in [1.807, 2.05) is 0 Å². The fourth-order valence-corrected chi connectivity index (χ4v) is 3.81. The molecule has 0 unspecified atom stereocenters. The molecule has 2 aromatic carbocycles. The van der Waals surface area contributed by atoms with Gasteiger partial charge in [-0.25, -0.2) is 14.2 Å². The molecular weight excluding hydrogens is 411 g/mol. The summed E-state index contributed by atoms with van der Waals surface area (Å²) < 4.78 is 15.0. The van der Waals surface area contributed by atoms with Crippen LogP contribution in [0.15, 0.2) is 41.2 Å². The molecule has 0 saturated heterocycles. The highest BCUT2D eigenvalue weighted by molar-refractivity contribution is 6.35. The first kappa shape index (κ1) is 21.6. The molecule has 0 spiro atoms. The Morgan fingerprint density at radius 3 is 2.53 bits per heavy atom. The smallest absolute Gasteiger partial charge is 0.408 e. The maximum Gasteiger partial charge on any atom is 0.408 e. The van der Waals surface area contributed by atoms with Crippen molar-refractivity contribution in [2.24, 2.45) is 0 Å². The number of nitrogens with two attached hydrogens (primary N) is 1. The second kappa shape index (κ2) is 7.60. The molecule has 1 amide bonds. The summed E-state index contributed by atoms with van der Waals surface area (Å²) >= 11 is 6.25. The Morgan fingerprint density at radius 2 is 1.97 bits per heavy atom. The van der Waals surface area contributed by atoms with Gasteiger partial charge in [0.1, 0.15) is 11.6 Å². The van der Waals surface area contributed by atoms with Gasteiger partial charge in [0.2, 0.25) is 0 Å². The fourth-order valence-electron chi connectivity index (χ4n) is 3.56. The second-order valence-electron chi connectivity index (χ2n) is 7.95. The maximum atomic E-state index is 13.7. The first-order valence-electron chi connectivity index (χ1n) is 9.22. The van der Waals surface area contributed by atoms with Gasteiger partial charge in [-0.3, -0.25) is 14.3 Å². The van der Waals surface area contributed by atoms with Crippen molar-refractivity contribution >= 4 is 34.3 Å². The van der Waals surface area contributed by atoms with Gasteiger partial charge in [-0.2, -0.15) is 0 Å². The lowest BCUT2D eigenvalue weighted by Gasteiger charge is -2.38. The number of rotatable bonds is 3. The number of benzene rings is 2. The lowest BCUT2D eigenvalue weighted by Crippen LogP contribution is -2.47. The van der Waals surface area contributed by atoms with Crippen LogP contribution in [0.4, 0.5) is 14.9 Å². The molecule has 3 N–H and O–H groups in total. The second-order valence-corrected chi connectivity index (χ2v) is 8.36. The monoisotopic (exact) mass is 432 g/mol. The van der Waals surface area contributed by atoms with Gasteiger partial charge >= 0.3 is 6.09 Å². The van der Waals surface area contributed by atoms with Crippen LogP contribution in [0.5, 0.6) is 0 Å². The number of hydrogen-bond acceptors (Lipinski definition) is 4. The molecule has 30 heavy (non-hydrogen) atoms. The number of amides is 1. The highest BCUT2D eigenvalue weighted by Crippen LogP contribution is 2.30. The topological polar surface area (TPSA) is 101 Å². The Hall–Kier alpha value is -3.13. The number of aromatic nitrogens is 2. The maximum absolute atomic E-state index is 13.7. The van der Waals surface area contributed by atoms with Gasteiger partial charge in [0, 0.05) is 5.54 Å². The summed E-state index contributed by atoms with van der Waals surface area (Å²) in [6.45, 7) is 6.87. The van der Waals surface area contributed by atoms with E-state index in [1.165, 1.54) is 21.6 Å². The average molecular weight is 433 g/mol. The van der Waals surface area contributed by atoms with Gasteiger partial charge in [0.25, 0.3) is 5.56 Å². The summed E-state index contributed by atoms with van der Waals surface area (Å²) in [5.41, 5.74) is 4.87. The number of halogens is 2. The highest BCUT2D eigenvalue weighted by Gasteiger charge is 2.34. The number of carbonyl (C=O) groups is 1. The molecule has 1 aromatic heterocycles. The Morgan fingerprint density at radius 1 is 1.30 bits per heavy atom. The molecule has 1 atom stereocenters. The van der Waals surface area contributed by atoms with Crippen LogP contribution in [0.3, 0.4) is 0 Å². The van der Waals surface area contributed by atoms with E-state index in [1.54, 1.807) is 45.9 Å². The largest absolute Gasteiger partial charge is 0.465 e. The first-order valence-corrected chi connectivity index (χ1v) is 9.60. The minimum Gasteiger partial charge on any atom is -0.465 e. The van der Waals surface area contributed by atoms with Crippen LogP contribution in [0.1, 0.15) is 39.6 Å². The molecule has 0 bridgehead atoms. The molecule has 158 valence electrons. The lowest BCUT2D eigenvalue weighted by atomic mass is 10.0. The zero-order valence-electron chi connectivity index (χ0n) is 17.0. The zero-order valence-corrected chi connectivity index (χ0v) is 17.7. The summed E-state index contributed by atoms with van der Waals surface area (Å²) in [6.07, 6.45) is -1.17. The molecular formula is C21H22ClFN4O3. The first-order chi connectivity index (χ1) is 13.9. The number of hydrogen-bond donors (Lipinski definition) is 2. The minimum atomic E-state index is -1.17. The van der Waals surface area contributed by atoms with E-state index in [2.05, 4.69) is 4.98 Å². The van der Waals surface area contributed by atoms with Crippen molar-refractivity contribution in [3.05, 3.63) is 63.4 Å². The molecule has 7 nitrogen and oxygen atoms in total. The third-order valence-corrected chi connectivity index (χ3v) is 5.12. The predicted molar refractivity (Wildman–Crippen MR) is 115 cm³/mol. The molecule has 9 heteroatoms. The van der Waals surface area contributed by atoms with E-state index < -0.39 is 29.1 Å². The van der Waals surface area contributed by atoms with Crippen LogP contribution in [0.2, 0.25) is 5.02 Å². The average Bonchev–Trinajstić information content (AvgIpc) is 2.62. The molecule has 0 radical (unpaired) electrons. The van der Waals surface area contributed by atoms with Gasteiger partial charge in [0.05, 0.1) is 33.3 Å². The Balaban J connectivity index is 2.41. The number of nitrogens with zero attached hydrogens (tertiary/aromatic N) is 3. The Kier molecular flexibility index (Phi) is 5.47. The SMILES string of the molecule is C[C@@H](c1nc2cccc(Cl)c2c(=O)n1-c1ccc(F)c(N)c1)N(C(=O)O)C(C)(C)C. The van der Waals surface area contributed by atoms with E-state index in [0.717, 1.165) is 6.07 Å². The summed E-state index contributed by atoms with van der Waals surface area (Å²) in [7, 11) is 0. The van der Waals surface area contributed by atoms with Crippen LogP contribution in [-0.4, -0.2) is 31.2 Å². The minimum absolute atomic E-state index is 0.150. The Labute approximate surface area is 177 Å². The van der Waals surface area contributed by atoms with Gasteiger partial charge in [-0.1, -0.05) is 17.7 Å². The number of anilines is 1. The van der Waals surface area contributed by atoms with E-state index in [4.69, 9.17) is 17.3 Å². The molecule has 0 saturated carbocycles. The number of carboxylic acid groups (broad SMARTS) is 1. The van der Waals surface area contributed by atoms with Crippen LogP contribution >= 0.6 is 11.6 Å². The van der Waals surface area contributed by atoms with Crippen molar-refractivity contribution in [3.63, 3.8) is 0 Å². The standard InChI is InChI=1S/C21H22ClFN4O3/c1-11(27(20(29)30)21(2,3)4)18-25-16-7-5-6-13(22)17(16)19(28)26(18)12-8-9-14(23)15(24)10-12/h5-11H,24H2,1-4H3,(H,29,30)/t11-/m0/s1. The fraction of sp³-hybridized carbons (Fsp3) is 0.286. The predicted octanol–water partition coefficient (Wildman–Crippen LogP) is 4.60. The zero-order chi connectivity index (χ0) is 22.4. The van der Waals surface area contributed by atoms with Gasteiger partial charge in [-0.05, 0) is 58.0 Å². The third-order valence-electron chi connectivity index (χ3n) is 4.80. The molecule has 0 aliphatic rings. The summed E-state index contributed by atoms with van der Waals surface area (Å²) in [5.74, 6) is -0.465. The molecule has 3 aromatic rings. The van der Waals surface area contributed by atoms with E-state index in [9.17, 15) is 19.1 Å². The number of fused-ring (bicyclic) bond motifs is 1. The molecule has 3 rings (SSSR count). The van der Waals surface area contributed by atoms with Crippen LogP contribution < -0.4 is 11.3 Å². The van der Waals surface area contributed by atoms with Crippen LogP contribution in [-0.2, 0) is 0 Å². The van der Waals surface area contributed by atoms with E-state index in [0.29, 0.717) is 5.52 Å². The quantitative estimate of drug-likeness (QED) is 0.589. The highest BCUT2D eigenvalue weighted by atomic mass is 35.5. The third kappa shape index (κ3) is 3.70. The van der Waals surface area contributed by atoms with Crippen molar-refractivity contribution < 1.29 is 14.3 Å². The van der Waals surface area contributed by atoms with Crippen molar-refractivity contribution in [3.8, 4) is 5.69 Å². The van der Waals surface area contributed by atoms with Gasteiger partial charge < -0.3 is 10.8 Å². The normalized spacial score (nSPS) is 12.7. The molecule has 0 aliphatic heterocycles.